The van der Waals surface area contributed by atoms with Gasteiger partial charge in [-0.05, 0) is 36.8 Å². The molecule has 0 aliphatic carbocycles. The molecule has 9 nitrogen and oxygen atoms in total. The van der Waals surface area contributed by atoms with Gasteiger partial charge in [-0.25, -0.2) is 12.7 Å². The molecule has 0 saturated heterocycles. The fourth-order valence-electron chi connectivity index (χ4n) is 2.33. The van der Waals surface area contributed by atoms with Gasteiger partial charge in [-0.15, -0.1) is 0 Å². The predicted octanol–water partition coefficient (Wildman–Crippen LogP) is 2.41. The number of carbonyl (C=O) groups excluding carboxylic acids is 1. The van der Waals surface area contributed by atoms with Crippen molar-refractivity contribution in [3.63, 3.8) is 0 Å². The van der Waals surface area contributed by atoms with Crippen LogP contribution in [0.25, 0.3) is 0 Å². The summed E-state index contributed by atoms with van der Waals surface area (Å²) in [4.78, 5) is 22.9. The van der Waals surface area contributed by atoms with Crippen molar-refractivity contribution in [3.05, 3.63) is 57.6 Å². The molecule has 0 atom stereocenters. The smallest absolute Gasteiger partial charge is 0.311 e. The molecule has 0 radical (unpaired) electrons. The molecule has 0 bridgehead atoms. The second kappa shape index (κ2) is 7.72. The van der Waals surface area contributed by atoms with Crippen molar-refractivity contribution < 1.29 is 22.9 Å². The average molecular weight is 393 g/mol. The number of benzene rings is 2. The van der Waals surface area contributed by atoms with Gasteiger partial charge in [-0.2, -0.15) is 0 Å². The maximum atomic E-state index is 12.4. The lowest BCUT2D eigenvalue weighted by atomic mass is 10.1. The Morgan fingerprint density at radius 3 is 2.41 bits per heavy atom. The summed E-state index contributed by atoms with van der Waals surface area (Å²) in [6.07, 6.45) is 0. The van der Waals surface area contributed by atoms with Crippen LogP contribution in [0.4, 0.5) is 11.4 Å². The van der Waals surface area contributed by atoms with Crippen LogP contribution >= 0.6 is 0 Å². The van der Waals surface area contributed by atoms with E-state index < -0.39 is 20.9 Å². The third kappa shape index (κ3) is 4.23. The van der Waals surface area contributed by atoms with Crippen LogP contribution in [0.5, 0.6) is 5.75 Å². The summed E-state index contributed by atoms with van der Waals surface area (Å²) in [7, 11) is 0.438. The highest BCUT2D eigenvalue weighted by molar-refractivity contribution is 7.89. The van der Waals surface area contributed by atoms with Crippen molar-refractivity contribution in [2.24, 2.45) is 0 Å². The lowest BCUT2D eigenvalue weighted by molar-refractivity contribution is -0.385. The first-order valence-electron chi connectivity index (χ1n) is 7.75. The summed E-state index contributed by atoms with van der Waals surface area (Å²) in [5, 5.41) is 13.6. The highest BCUT2D eigenvalue weighted by atomic mass is 32.2. The van der Waals surface area contributed by atoms with Gasteiger partial charge < -0.3 is 10.1 Å². The minimum Gasteiger partial charge on any atom is -0.490 e. The number of rotatable bonds is 6. The maximum absolute atomic E-state index is 12.4. The zero-order chi connectivity index (χ0) is 20.4. The van der Waals surface area contributed by atoms with Crippen molar-refractivity contribution in [2.75, 3.05) is 26.5 Å². The van der Waals surface area contributed by atoms with Crippen LogP contribution < -0.4 is 10.1 Å². The summed E-state index contributed by atoms with van der Waals surface area (Å²) in [6, 6.07) is 8.28. The van der Waals surface area contributed by atoms with Gasteiger partial charge >= 0.3 is 5.69 Å². The summed E-state index contributed by atoms with van der Waals surface area (Å²) >= 11 is 0. The Bertz CT molecular complexity index is 1000. The Morgan fingerprint density at radius 1 is 1.19 bits per heavy atom. The van der Waals surface area contributed by atoms with Crippen molar-refractivity contribution in [1.29, 1.82) is 0 Å². The van der Waals surface area contributed by atoms with Crippen LogP contribution in [0.1, 0.15) is 15.9 Å². The molecule has 2 aromatic rings. The lowest BCUT2D eigenvalue weighted by Gasteiger charge is -2.15. The Morgan fingerprint density at radius 2 is 1.85 bits per heavy atom. The largest absolute Gasteiger partial charge is 0.490 e. The van der Waals surface area contributed by atoms with Crippen LogP contribution in [0.15, 0.2) is 41.3 Å². The Balaban J connectivity index is 2.37. The number of sulfonamides is 1. The number of nitro groups is 1. The van der Waals surface area contributed by atoms with E-state index in [0.29, 0.717) is 5.56 Å². The minimum absolute atomic E-state index is 0.0336. The molecule has 144 valence electrons. The third-order valence-electron chi connectivity index (χ3n) is 3.84. The molecule has 0 aliphatic rings. The van der Waals surface area contributed by atoms with Crippen molar-refractivity contribution in [1.82, 2.24) is 4.31 Å². The molecule has 1 N–H and O–H groups in total. The third-order valence-corrected chi connectivity index (χ3v) is 5.80. The number of aryl methyl sites for hydroxylation is 1. The molecule has 0 spiro atoms. The van der Waals surface area contributed by atoms with Crippen LogP contribution in [-0.4, -0.2) is 44.8 Å². The van der Waals surface area contributed by atoms with Gasteiger partial charge in [0.25, 0.3) is 5.91 Å². The normalized spacial score (nSPS) is 11.3. The number of nitro benzene ring substituents is 1. The number of hydrogen-bond acceptors (Lipinski definition) is 6. The average Bonchev–Trinajstić information content (AvgIpc) is 2.62. The molecule has 10 heteroatoms. The number of nitrogens with one attached hydrogen (secondary N) is 1. The predicted molar refractivity (Wildman–Crippen MR) is 99.7 cm³/mol. The second-order valence-electron chi connectivity index (χ2n) is 5.87. The molecule has 0 aliphatic heterocycles. The summed E-state index contributed by atoms with van der Waals surface area (Å²) < 4.78 is 30.7. The van der Waals surface area contributed by atoms with Gasteiger partial charge in [-0.3, -0.25) is 14.9 Å². The van der Waals surface area contributed by atoms with Crippen molar-refractivity contribution in [2.45, 2.75) is 11.8 Å². The Hall–Kier alpha value is -2.98. The van der Waals surface area contributed by atoms with Crippen LogP contribution in [-0.2, 0) is 10.0 Å². The monoisotopic (exact) mass is 393 g/mol. The number of ether oxygens (including phenoxy) is 1. The van der Waals surface area contributed by atoms with E-state index in [1.54, 1.807) is 19.1 Å². The SMILES string of the molecule is COc1ccc(C(=O)Nc2ccc(C)c(S(=O)(=O)N(C)C)c2)cc1[N+](=O)[O-]. The van der Waals surface area contributed by atoms with E-state index >= 15 is 0 Å². The number of methoxy groups -OCH3 is 1. The number of carbonyl (C=O) groups is 1. The molecule has 1 amide bonds. The van der Waals surface area contributed by atoms with Crippen molar-refractivity contribution in [3.8, 4) is 5.75 Å². The fourth-order valence-corrected chi connectivity index (χ4v) is 3.47. The topological polar surface area (TPSA) is 119 Å². The van der Waals surface area contributed by atoms with E-state index in [4.69, 9.17) is 4.74 Å². The molecule has 0 unspecified atom stereocenters. The molecule has 0 fully saturated rings. The fraction of sp³-hybridized carbons (Fsp3) is 0.235. The minimum atomic E-state index is -3.68. The van der Waals surface area contributed by atoms with Gasteiger partial charge in [0.2, 0.25) is 10.0 Å². The summed E-state index contributed by atoms with van der Waals surface area (Å²) in [6.45, 7) is 1.65. The number of amides is 1. The zero-order valence-corrected chi connectivity index (χ0v) is 16.0. The molecule has 0 aromatic heterocycles. The molecule has 2 rings (SSSR count). The van der Waals surface area contributed by atoms with Crippen LogP contribution in [0.2, 0.25) is 0 Å². The van der Waals surface area contributed by atoms with Gasteiger partial charge in [0.15, 0.2) is 5.75 Å². The zero-order valence-electron chi connectivity index (χ0n) is 15.2. The first kappa shape index (κ1) is 20.3. The van der Waals surface area contributed by atoms with E-state index in [9.17, 15) is 23.3 Å². The molecular formula is C17H19N3O6S. The second-order valence-corrected chi connectivity index (χ2v) is 7.99. The molecule has 27 heavy (non-hydrogen) atoms. The van der Waals surface area contributed by atoms with Crippen LogP contribution in [0.3, 0.4) is 0 Å². The summed E-state index contributed by atoms with van der Waals surface area (Å²) in [5.41, 5.74) is 0.483. The number of hydrogen-bond donors (Lipinski definition) is 1. The maximum Gasteiger partial charge on any atom is 0.311 e. The molecule has 0 heterocycles. The van der Waals surface area contributed by atoms with Crippen molar-refractivity contribution >= 4 is 27.3 Å². The number of anilines is 1. The van der Waals surface area contributed by atoms with E-state index in [2.05, 4.69) is 5.32 Å². The highest BCUT2D eigenvalue weighted by Crippen LogP contribution is 2.28. The van der Waals surface area contributed by atoms with E-state index in [0.717, 1.165) is 10.4 Å². The molecular weight excluding hydrogens is 374 g/mol. The summed E-state index contributed by atoms with van der Waals surface area (Å²) in [5.74, 6) is -0.580. The van der Waals surface area contributed by atoms with Gasteiger partial charge in [-0.1, -0.05) is 6.07 Å². The van der Waals surface area contributed by atoms with Gasteiger partial charge in [0.05, 0.1) is 16.9 Å². The first-order valence-corrected chi connectivity index (χ1v) is 9.19. The highest BCUT2D eigenvalue weighted by Gasteiger charge is 2.21. The van der Waals surface area contributed by atoms with E-state index in [-0.39, 0.29) is 27.6 Å². The molecule has 0 saturated carbocycles. The standard InChI is InChI=1S/C17H19N3O6S/c1-11-5-7-13(10-16(11)27(24,25)19(2)3)18-17(21)12-6-8-15(26-4)14(9-12)20(22)23/h5-10H,1-4H3,(H,18,21). The van der Waals surface area contributed by atoms with Gasteiger partial charge in [0, 0.05) is 31.4 Å². The van der Waals surface area contributed by atoms with Gasteiger partial charge in [0.1, 0.15) is 0 Å². The number of nitrogens with zero attached hydrogens (tertiary/aromatic N) is 2. The Labute approximate surface area is 156 Å². The first-order chi connectivity index (χ1) is 12.6. The lowest BCUT2D eigenvalue weighted by Crippen LogP contribution is -2.23. The molecule has 2 aromatic carbocycles. The van der Waals surface area contributed by atoms with E-state index in [1.165, 1.54) is 39.4 Å². The quantitative estimate of drug-likeness (QED) is 0.595. The van der Waals surface area contributed by atoms with Crippen LogP contribution in [0, 0.1) is 17.0 Å². The Kier molecular flexibility index (Phi) is 5.82. The van der Waals surface area contributed by atoms with E-state index in [1.807, 2.05) is 0 Å².